The zero-order valence-electron chi connectivity index (χ0n) is 11.8. The molecule has 0 aliphatic carbocycles. The number of non-ortho nitro benzene ring substituents is 1. The van der Waals surface area contributed by atoms with Crippen molar-refractivity contribution in [1.29, 1.82) is 0 Å². The standard InChI is InChI=1S/C15H9Cl2N3O3/c1-8-18-14-12(6-9(16)7-13(14)17)15(21)19(8)10-2-4-11(5-3-10)20(22)23/h2-7H,1H3. The summed E-state index contributed by atoms with van der Waals surface area (Å²) in [6.07, 6.45) is 0. The molecule has 0 radical (unpaired) electrons. The number of nitrogens with zero attached hydrogens (tertiary/aromatic N) is 3. The summed E-state index contributed by atoms with van der Waals surface area (Å²) in [6, 6.07) is 8.66. The molecular formula is C15H9Cl2N3O3. The lowest BCUT2D eigenvalue weighted by Gasteiger charge is -2.11. The molecule has 1 aromatic heterocycles. The van der Waals surface area contributed by atoms with Gasteiger partial charge in [-0.1, -0.05) is 23.2 Å². The van der Waals surface area contributed by atoms with Crippen LogP contribution in [0, 0.1) is 17.0 Å². The first-order valence-corrected chi connectivity index (χ1v) is 7.27. The third kappa shape index (κ3) is 2.67. The molecule has 0 saturated heterocycles. The Kier molecular flexibility index (Phi) is 3.79. The summed E-state index contributed by atoms with van der Waals surface area (Å²) in [5, 5.41) is 11.6. The van der Waals surface area contributed by atoms with Gasteiger partial charge < -0.3 is 0 Å². The lowest BCUT2D eigenvalue weighted by Crippen LogP contribution is -2.22. The van der Waals surface area contributed by atoms with Crippen LogP contribution in [0.15, 0.2) is 41.2 Å². The van der Waals surface area contributed by atoms with Crippen LogP contribution in [0.2, 0.25) is 10.0 Å². The molecule has 0 unspecified atom stereocenters. The van der Waals surface area contributed by atoms with E-state index in [4.69, 9.17) is 23.2 Å². The van der Waals surface area contributed by atoms with Crippen LogP contribution >= 0.6 is 23.2 Å². The van der Waals surface area contributed by atoms with Crippen molar-refractivity contribution in [3.8, 4) is 5.69 Å². The first-order chi connectivity index (χ1) is 10.9. The van der Waals surface area contributed by atoms with Crippen LogP contribution in [0.5, 0.6) is 0 Å². The number of rotatable bonds is 2. The van der Waals surface area contributed by atoms with E-state index in [9.17, 15) is 14.9 Å². The Labute approximate surface area is 140 Å². The summed E-state index contributed by atoms with van der Waals surface area (Å²) in [5.41, 5.74) is 0.449. The first kappa shape index (κ1) is 15.5. The summed E-state index contributed by atoms with van der Waals surface area (Å²) in [5.74, 6) is 0.417. The van der Waals surface area contributed by atoms with E-state index in [1.165, 1.54) is 41.0 Å². The quantitative estimate of drug-likeness (QED) is 0.519. The number of aryl methyl sites for hydroxylation is 1. The zero-order valence-corrected chi connectivity index (χ0v) is 13.3. The van der Waals surface area contributed by atoms with E-state index < -0.39 is 4.92 Å². The Morgan fingerprint density at radius 2 is 1.83 bits per heavy atom. The predicted octanol–water partition coefficient (Wildman–Crippen LogP) is 3.91. The molecule has 0 fully saturated rings. The van der Waals surface area contributed by atoms with Gasteiger partial charge in [-0.25, -0.2) is 4.98 Å². The van der Waals surface area contributed by atoms with Crippen molar-refractivity contribution < 1.29 is 4.92 Å². The second-order valence-electron chi connectivity index (χ2n) is 4.86. The van der Waals surface area contributed by atoms with Crippen molar-refractivity contribution in [3.05, 3.63) is 72.7 Å². The second kappa shape index (κ2) is 5.64. The largest absolute Gasteiger partial charge is 0.269 e. The van der Waals surface area contributed by atoms with Crippen molar-refractivity contribution in [2.45, 2.75) is 6.92 Å². The summed E-state index contributed by atoms with van der Waals surface area (Å²) in [6.45, 7) is 1.66. The van der Waals surface area contributed by atoms with E-state index in [1.54, 1.807) is 6.92 Å². The topological polar surface area (TPSA) is 78.0 Å². The lowest BCUT2D eigenvalue weighted by molar-refractivity contribution is -0.384. The van der Waals surface area contributed by atoms with Gasteiger partial charge in [0.25, 0.3) is 11.2 Å². The molecule has 0 N–H and O–H groups in total. The highest BCUT2D eigenvalue weighted by atomic mass is 35.5. The Balaban J connectivity index is 2.29. The minimum Gasteiger partial charge on any atom is -0.268 e. The van der Waals surface area contributed by atoms with Gasteiger partial charge in [0, 0.05) is 17.2 Å². The summed E-state index contributed by atoms with van der Waals surface area (Å²) in [7, 11) is 0. The number of nitro groups is 1. The van der Waals surface area contributed by atoms with Crippen molar-refractivity contribution in [3.63, 3.8) is 0 Å². The number of hydrogen-bond acceptors (Lipinski definition) is 4. The molecule has 116 valence electrons. The van der Waals surface area contributed by atoms with Crippen LogP contribution in [-0.2, 0) is 0 Å². The van der Waals surface area contributed by atoms with E-state index >= 15 is 0 Å². The summed E-state index contributed by atoms with van der Waals surface area (Å²) < 4.78 is 1.36. The average molecular weight is 350 g/mol. The third-order valence-electron chi connectivity index (χ3n) is 3.38. The molecule has 23 heavy (non-hydrogen) atoms. The molecule has 6 nitrogen and oxygen atoms in total. The van der Waals surface area contributed by atoms with E-state index in [2.05, 4.69) is 4.98 Å². The second-order valence-corrected chi connectivity index (χ2v) is 5.70. The Bertz CT molecular complexity index is 998. The SMILES string of the molecule is Cc1nc2c(Cl)cc(Cl)cc2c(=O)n1-c1ccc([N+](=O)[O-])cc1. The molecule has 8 heteroatoms. The number of nitro benzene ring substituents is 1. The molecule has 0 bridgehead atoms. The molecule has 0 saturated carbocycles. The van der Waals surface area contributed by atoms with E-state index in [-0.39, 0.29) is 16.6 Å². The van der Waals surface area contributed by atoms with Gasteiger partial charge in [-0.05, 0) is 31.2 Å². The van der Waals surface area contributed by atoms with Gasteiger partial charge in [-0.3, -0.25) is 19.5 Å². The van der Waals surface area contributed by atoms with Gasteiger partial charge in [0.2, 0.25) is 0 Å². The van der Waals surface area contributed by atoms with Crippen molar-refractivity contribution in [2.75, 3.05) is 0 Å². The molecule has 3 rings (SSSR count). The highest BCUT2D eigenvalue weighted by Crippen LogP contribution is 2.25. The van der Waals surface area contributed by atoms with Crippen molar-refractivity contribution in [2.24, 2.45) is 0 Å². The minimum absolute atomic E-state index is 0.0562. The normalized spacial score (nSPS) is 10.9. The molecule has 3 aromatic rings. The highest BCUT2D eigenvalue weighted by molar-refractivity contribution is 6.38. The van der Waals surface area contributed by atoms with Gasteiger partial charge >= 0.3 is 0 Å². The molecule has 0 aliphatic heterocycles. The molecule has 2 aromatic carbocycles. The fourth-order valence-corrected chi connectivity index (χ4v) is 2.89. The van der Waals surface area contributed by atoms with Gasteiger partial charge in [-0.2, -0.15) is 0 Å². The van der Waals surface area contributed by atoms with Crippen LogP contribution < -0.4 is 5.56 Å². The fourth-order valence-electron chi connectivity index (χ4n) is 2.35. The Hall–Kier alpha value is -2.44. The number of fused-ring (bicyclic) bond motifs is 1. The number of halogens is 2. The zero-order chi connectivity index (χ0) is 16.7. The number of hydrogen-bond donors (Lipinski definition) is 0. The maximum absolute atomic E-state index is 12.7. The van der Waals surface area contributed by atoms with Crippen LogP contribution in [0.1, 0.15) is 5.82 Å². The number of benzene rings is 2. The Morgan fingerprint density at radius 1 is 1.17 bits per heavy atom. The van der Waals surface area contributed by atoms with E-state index in [0.717, 1.165) is 0 Å². The van der Waals surface area contributed by atoms with Gasteiger partial charge in [0.15, 0.2) is 0 Å². The van der Waals surface area contributed by atoms with Gasteiger partial charge in [-0.15, -0.1) is 0 Å². The minimum atomic E-state index is -0.502. The third-order valence-corrected chi connectivity index (χ3v) is 3.88. The first-order valence-electron chi connectivity index (χ1n) is 6.51. The van der Waals surface area contributed by atoms with Crippen molar-refractivity contribution in [1.82, 2.24) is 9.55 Å². The smallest absolute Gasteiger partial charge is 0.268 e. The fraction of sp³-hybridized carbons (Fsp3) is 0.0667. The summed E-state index contributed by atoms with van der Waals surface area (Å²) >= 11 is 12.0. The van der Waals surface area contributed by atoms with Gasteiger partial charge in [0.05, 0.1) is 26.5 Å². The Morgan fingerprint density at radius 3 is 2.43 bits per heavy atom. The monoisotopic (exact) mass is 349 g/mol. The van der Waals surface area contributed by atoms with Gasteiger partial charge in [0.1, 0.15) is 5.82 Å². The molecule has 0 amide bonds. The maximum atomic E-state index is 12.7. The molecule has 1 heterocycles. The highest BCUT2D eigenvalue weighted by Gasteiger charge is 2.14. The van der Waals surface area contributed by atoms with E-state index in [1.807, 2.05) is 0 Å². The predicted molar refractivity (Wildman–Crippen MR) is 88.8 cm³/mol. The van der Waals surface area contributed by atoms with Crippen LogP contribution in [0.3, 0.4) is 0 Å². The van der Waals surface area contributed by atoms with Crippen LogP contribution in [-0.4, -0.2) is 14.5 Å². The molecule has 0 spiro atoms. The van der Waals surface area contributed by atoms with Crippen molar-refractivity contribution >= 4 is 39.8 Å². The molecule has 0 aliphatic rings. The maximum Gasteiger partial charge on any atom is 0.269 e. The average Bonchev–Trinajstić information content (AvgIpc) is 2.49. The van der Waals surface area contributed by atoms with Crippen LogP contribution in [0.4, 0.5) is 5.69 Å². The molecule has 0 atom stereocenters. The number of aromatic nitrogens is 2. The van der Waals surface area contributed by atoms with Crippen LogP contribution in [0.25, 0.3) is 16.6 Å². The van der Waals surface area contributed by atoms with E-state index in [0.29, 0.717) is 27.1 Å². The lowest BCUT2D eigenvalue weighted by atomic mass is 10.2. The summed E-state index contributed by atoms with van der Waals surface area (Å²) in [4.78, 5) is 27.3. The molecular weight excluding hydrogens is 341 g/mol.